The van der Waals surface area contributed by atoms with E-state index in [2.05, 4.69) is 5.32 Å². The van der Waals surface area contributed by atoms with Crippen molar-refractivity contribution in [3.8, 4) is 0 Å². The normalized spacial score (nSPS) is 16.3. The third-order valence-corrected chi connectivity index (χ3v) is 4.90. The van der Waals surface area contributed by atoms with Gasteiger partial charge in [-0.15, -0.1) is 0 Å². The van der Waals surface area contributed by atoms with Crippen LogP contribution in [0, 0.1) is 0 Å². The molecule has 0 spiro atoms. The van der Waals surface area contributed by atoms with Gasteiger partial charge in [0.05, 0.1) is 38.5 Å². The van der Waals surface area contributed by atoms with Crippen molar-refractivity contribution in [3.05, 3.63) is 59.0 Å². The Hall–Kier alpha value is -2.31. The van der Waals surface area contributed by atoms with Gasteiger partial charge in [0.15, 0.2) is 12.3 Å². The summed E-state index contributed by atoms with van der Waals surface area (Å²) in [7, 11) is 0. The molecule has 7 heteroatoms. The van der Waals surface area contributed by atoms with E-state index in [0.717, 1.165) is 18.7 Å². The number of quaternary nitrogens is 1. The smallest absolute Gasteiger partial charge is 0.289 e. The largest absolute Gasteiger partial charge is 0.459 e. The molecule has 1 saturated heterocycles. The third kappa shape index (κ3) is 4.65. The van der Waals surface area contributed by atoms with E-state index < -0.39 is 0 Å². The van der Waals surface area contributed by atoms with Crippen LogP contribution in [0.15, 0.2) is 47.1 Å². The number of piperazine rings is 1. The van der Waals surface area contributed by atoms with Crippen LogP contribution in [0.1, 0.15) is 29.1 Å². The number of amides is 2. The van der Waals surface area contributed by atoms with E-state index in [-0.39, 0.29) is 17.9 Å². The second-order valence-corrected chi connectivity index (χ2v) is 6.97. The molecule has 2 heterocycles. The van der Waals surface area contributed by atoms with E-state index in [0.29, 0.717) is 30.4 Å². The summed E-state index contributed by atoms with van der Waals surface area (Å²) in [6.07, 6.45) is 1.50. The summed E-state index contributed by atoms with van der Waals surface area (Å²) in [6.45, 7) is 5.09. The molecule has 1 aliphatic heterocycles. The molecule has 1 aromatic carbocycles. The standard InChI is InChI=1S/C19H22ClN3O3/c1-14(15-4-6-16(20)7-5-15)21-18(24)13-22-8-10-23(11-9-22)19(25)17-3-2-12-26-17/h2-7,12,14H,8-11,13H2,1H3,(H,21,24)/p+1/t14-/m1/s1. The van der Waals surface area contributed by atoms with E-state index in [1.165, 1.54) is 11.2 Å². The Balaban J connectivity index is 1.44. The van der Waals surface area contributed by atoms with Gasteiger partial charge in [-0.3, -0.25) is 9.59 Å². The van der Waals surface area contributed by atoms with Crippen LogP contribution < -0.4 is 10.2 Å². The van der Waals surface area contributed by atoms with Crippen LogP contribution in [0.2, 0.25) is 5.02 Å². The number of hydrogen-bond donors (Lipinski definition) is 2. The third-order valence-electron chi connectivity index (χ3n) is 4.65. The lowest BCUT2D eigenvalue weighted by atomic mass is 10.1. The molecule has 6 nitrogen and oxygen atoms in total. The van der Waals surface area contributed by atoms with Crippen molar-refractivity contribution < 1.29 is 18.9 Å². The van der Waals surface area contributed by atoms with Crippen molar-refractivity contribution in [3.63, 3.8) is 0 Å². The molecule has 0 unspecified atom stereocenters. The first-order valence-corrected chi connectivity index (χ1v) is 9.12. The SMILES string of the molecule is C[C@@H](NC(=O)C[NH+]1CCN(C(=O)c2ccco2)CC1)c1ccc(Cl)cc1. The molecule has 1 atom stereocenters. The van der Waals surface area contributed by atoms with Crippen LogP contribution in [0.25, 0.3) is 0 Å². The summed E-state index contributed by atoms with van der Waals surface area (Å²) in [5.74, 6) is 0.283. The van der Waals surface area contributed by atoms with Crippen molar-refractivity contribution in [1.29, 1.82) is 0 Å². The zero-order valence-corrected chi connectivity index (χ0v) is 15.5. The fraction of sp³-hybridized carbons (Fsp3) is 0.368. The molecule has 0 radical (unpaired) electrons. The highest BCUT2D eigenvalue weighted by Crippen LogP contribution is 2.15. The van der Waals surface area contributed by atoms with Gasteiger partial charge in [0.25, 0.3) is 11.8 Å². The first-order valence-electron chi connectivity index (χ1n) is 8.74. The molecule has 26 heavy (non-hydrogen) atoms. The summed E-state index contributed by atoms with van der Waals surface area (Å²) in [5.41, 5.74) is 1.02. The maximum absolute atomic E-state index is 12.3. The number of benzene rings is 1. The monoisotopic (exact) mass is 376 g/mol. The molecule has 1 aromatic heterocycles. The van der Waals surface area contributed by atoms with Crippen molar-refractivity contribution in [2.75, 3.05) is 32.7 Å². The number of nitrogens with one attached hydrogen (secondary N) is 2. The van der Waals surface area contributed by atoms with Crippen LogP contribution in [0.3, 0.4) is 0 Å². The number of carbonyl (C=O) groups excluding carboxylic acids is 2. The van der Waals surface area contributed by atoms with Crippen LogP contribution in [0.4, 0.5) is 0 Å². The zero-order chi connectivity index (χ0) is 18.5. The molecule has 0 aliphatic carbocycles. The number of nitrogens with zero attached hydrogens (tertiary/aromatic N) is 1. The average molecular weight is 377 g/mol. The van der Waals surface area contributed by atoms with E-state index in [4.69, 9.17) is 16.0 Å². The molecule has 2 aromatic rings. The highest BCUT2D eigenvalue weighted by atomic mass is 35.5. The van der Waals surface area contributed by atoms with E-state index in [9.17, 15) is 9.59 Å². The first-order chi connectivity index (χ1) is 12.5. The zero-order valence-electron chi connectivity index (χ0n) is 14.7. The van der Waals surface area contributed by atoms with Gasteiger partial charge in [0.1, 0.15) is 0 Å². The van der Waals surface area contributed by atoms with Crippen LogP contribution in [-0.4, -0.2) is 49.4 Å². The highest BCUT2D eigenvalue weighted by Gasteiger charge is 2.27. The molecule has 1 aliphatic rings. The summed E-state index contributed by atoms with van der Waals surface area (Å²) in [5, 5.41) is 3.70. The second kappa shape index (κ2) is 8.38. The summed E-state index contributed by atoms with van der Waals surface area (Å²) < 4.78 is 5.16. The fourth-order valence-corrected chi connectivity index (χ4v) is 3.24. The average Bonchev–Trinajstić information content (AvgIpc) is 3.17. The Kier molecular flexibility index (Phi) is 5.96. The van der Waals surface area contributed by atoms with E-state index in [1.807, 2.05) is 31.2 Å². The number of rotatable bonds is 5. The Morgan fingerprint density at radius 3 is 2.54 bits per heavy atom. The van der Waals surface area contributed by atoms with Gasteiger partial charge in [-0.1, -0.05) is 23.7 Å². The molecular weight excluding hydrogens is 354 g/mol. The molecule has 0 saturated carbocycles. The lowest BCUT2D eigenvalue weighted by Crippen LogP contribution is -3.15. The highest BCUT2D eigenvalue weighted by molar-refractivity contribution is 6.30. The summed E-state index contributed by atoms with van der Waals surface area (Å²) >= 11 is 5.89. The second-order valence-electron chi connectivity index (χ2n) is 6.54. The van der Waals surface area contributed by atoms with Gasteiger partial charge in [-0.2, -0.15) is 0 Å². The molecule has 2 N–H and O–H groups in total. The molecule has 138 valence electrons. The van der Waals surface area contributed by atoms with Gasteiger partial charge in [0.2, 0.25) is 0 Å². The minimum absolute atomic E-state index is 0.00765. The first kappa shape index (κ1) is 18.5. The quantitative estimate of drug-likeness (QED) is 0.822. The molecular formula is C19H23ClN3O3+. The topological polar surface area (TPSA) is 67.0 Å². The Morgan fingerprint density at radius 2 is 1.92 bits per heavy atom. The van der Waals surface area contributed by atoms with Gasteiger partial charge >= 0.3 is 0 Å². The van der Waals surface area contributed by atoms with Crippen molar-refractivity contribution in [1.82, 2.24) is 10.2 Å². The molecule has 2 amide bonds. The minimum atomic E-state index is -0.0881. The van der Waals surface area contributed by atoms with E-state index in [1.54, 1.807) is 17.0 Å². The van der Waals surface area contributed by atoms with Crippen LogP contribution >= 0.6 is 11.6 Å². The van der Waals surface area contributed by atoms with Crippen molar-refractivity contribution in [2.45, 2.75) is 13.0 Å². The van der Waals surface area contributed by atoms with Gasteiger partial charge in [0, 0.05) is 5.02 Å². The Bertz CT molecular complexity index is 738. The number of furan rings is 1. The maximum atomic E-state index is 12.3. The Labute approximate surface area is 157 Å². The van der Waals surface area contributed by atoms with Gasteiger partial charge in [-0.05, 0) is 36.8 Å². The molecule has 1 fully saturated rings. The predicted octanol–water partition coefficient (Wildman–Crippen LogP) is 1.15. The molecule has 0 bridgehead atoms. The summed E-state index contributed by atoms with van der Waals surface area (Å²) in [4.78, 5) is 27.5. The predicted molar refractivity (Wildman–Crippen MR) is 98.2 cm³/mol. The lowest BCUT2D eigenvalue weighted by molar-refractivity contribution is -0.896. The maximum Gasteiger partial charge on any atom is 0.289 e. The van der Waals surface area contributed by atoms with Gasteiger partial charge < -0.3 is 19.5 Å². The number of hydrogen-bond acceptors (Lipinski definition) is 3. The van der Waals surface area contributed by atoms with Crippen molar-refractivity contribution in [2.24, 2.45) is 0 Å². The minimum Gasteiger partial charge on any atom is -0.459 e. The lowest BCUT2D eigenvalue weighted by Gasteiger charge is -2.31. The van der Waals surface area contributed by atoms with Crippen LogP contribution in [-0.2, 0) is 4.79 Å². The van der Waals surface area contributed by atoms with Gasteiger partial charge in [-0.25, -0.2) is 0 Å². The Morgan fingerprint density at radius 1 is 1.23 bits per heavy atom. The molecule has 3 rings (SSSR count). The van der Waals surface area contributed by atoms with Crippen molar-refractivity contribution >= 4 is 23.4 Å². The van der Waals surface area contributed by atoms with E-state index >= 15 is 0 Å². The van der Waals surface area contributed by atoms with Crippen LogP contribution in [0.5, 0.6) is 0 Å². The number of carbonyl (C=O) groups is 2. The fourth-order valence-electron chi connectivity index (χ4n) is 3.11. The number of halogens is 1. The summed E-state index contributed by atoms with van der Waals surface area (Å²) in [6, 6.07) is 10.8.